The first-order valence-corrected chi connectivity index (χ1v) is 6.02. The summed E-state index contributed by atoms with van der Waals surface area (Å²) in [7, 11) is 4.02. The van der Waals surface area contributed by atoms with Crippen LogP contribution in [0.1, 0.15) is 6.92 Å². The zero-order chi connectivity index (χ0) is 11.7. The zero-order valence-electron chi connectivity index (χ0n) is 10.4. The Bertz CT molecular complexity index is 271. The van der Waals surface area contributed by atoms with Crippen LogP contribution in [0, 0.1) is 0 Å². The lowest BCUT2D eigenvalue weighted by Gasteiger charge is -2.35. The van der Waals surface area contributed by atoms with Crippen molar-refractivity contribution in [2.75, 3.05) is 46.8 Å². The molecule has 2 saturated heterocycles. The molecule has 0 bridgehead atoms. The van der Waals surface area contributed by atoms with Crippen molar-refractivity contribution in [1.82, 2.24) is 20.0 Å². The minimum Gasteiger partial charge on any atom is -0.323 e. The Balaban J connectivity index is 1.92. The molecule has 16 heavy (non-hydrogen) atoms. The fourth-order valence-corrected chi connectivity index (χ4v) is 2.40. The van der Waals surface area contributed by atoms with Gasteiger partial charge in [0, 0.05) is 51.9 Å². The number of hydrogen-bond donors (Lipinski definition) is 1. The van der Waals surface area contributed by atoms with Gasteiger partial charge in [-0.2, -0.15) is 0 Å². The minimum absolute atomic E-state index is 0.173. The third-order valence-electron chi connectivity index (χ3n) is 3.79. The summed E-state index contributed by atoms with van der Waals surface area (Å²) in [5.74, 6) is 0. The Morgan fingerprint density at radius 1 is 1.44 bits per heavy atom. The fraction of sp³-hybridized carbons (Fsp3) is 0.909. The quantitative estimate of drug-likeness (QED) is 0.699. The van der Waals surface area contributed by atoms with Crippen LogP contribution in [-0.4, -0.2) is 79.6 Å². The predicted molar refractivity (Wildman–Crippen MR) is 63.5 cm³/mol. The molecule has 0 spiro atoms. The van der Waals surface area contributed by atoms with E-state index in [1.54, 1.807) is 0 Å². The van der Waals surface area contributed by atoms with Gasteiger partial charge >= 0.3 is 6.03 Å². The van der Waals surface area contributed by atoms with Crippen molar-refractivity contribution in [3.63, 3.8) is 0 Å². The molecule has 0 aromatic carbocycles. The summed E-state index contributed by atoms with van der Waals surface area (Å²) in [4.78, 5) is 18.0. The van der Waals surface area contributed by atoms with Gasteiger partial charge in [-0.25, -0.2) is 4.79 Å². The second kappa shape index (κ2) is 4.59. The molecule has 5 heteroatoms. The monoisotopic (exact) mass is 226 g/mol. The van der Waals surface area contributed by atoms with Crippen LogP contribution < -0.4 is 5.32 Å². The highest BCUT2D eigenvalue weighted by molar-refractivity contribution is 5.76. The Morgan fingerprint density at radius 2 is 2.19 bits per heavy atom. The molecule has 0 aromatic heterocycles. The molecule has 2 aliphatic heterocycles. The molecule has 2 fully saturated rings. The van der Waals surface area contributed by atoms with E-state index in [1.807, 2.05) is 16.8 Å². The molecule has 5 nitrogen and oxygen atoms in total. The predicted octanol–water partition coefficient (Wildman–Crippen LogP) is -0.354. The van der Waals surface area contributed by atoms with E-state index in [-0.39, 0.29) is 6.03 Å². The van der Waals surface area contributed by atoms with E-state index in [0.717, 1.165) is 32.7 Å². The first kappa shape index (κ1) is 11.7. The second-order valence-electron chi connectivity index (χ2n) is 4.99. The first-order valence-electron chi connectivity index (χ1n) is 6.02. The van der Waals surface area contributed by atoms with Crippen LogP contribution in [0.4, 0.5) is 4.79 Å². The largest absolute Gasteiger partial charge is 0.323 e. The van der Waals surface area contributed by atoms with Gasteiger partial charge in [0.25, 0.3) is 0 Å². The molecule has 0 radical (unpaired) electrons. The lowest BCUT2D eigenvalue weighted by molar-refractivity contribution is 0.150. The Labute approximate surface area is 97.4 Å². The van der Waals surface area contributed by atoms with Gasteiger partial charge in [-0.3, -0.25) is 4.90 Å². The Morgan fingerprint density at radius 3 is 2.75 bits per heavy atom. The van der Waals surface area contributed by atoms with Gasteiger partial charge in [0.1, 0.15) is 0 Å². The molecule has 0 aromatic rings. The van der Waals surface area contributed by atoms with Crippen molar-refractivity contribution in [1.29, 1.82) is 0 Å². The molecule has 2 atom stereocenters. The van der Waals surface area contributed by atoms with Gasteiger partial charge in [-0.15, -0.1) is 0 Å². The van der Waals surface area contributed by atoms with E-state index in [2.05, 4.69) is 24.2 Å². The summed E-state index contributed by atoms with van der Waals surface area (Å²) >= 11 is 0. The van der Waals surface area contributed by atoms with Crippen molar-refractivity contribution in [3.05, 3.63) is 0 Å². The third kappa shape index (κ3) is 2.15. The molecule has 2 amide bonds. The minimum atomic E-state index is 0.173. The van der Waals surface area contributed by atoms with Crippen molar-refractivity contribution in [3.8, 4) is 0 Å². The van der Waals surface area contributed by atoms with E-state index in [4.69, 9.17) is 0 Å². The topological polar surface area (TPSA) is 38.8 Å². The van der Waals surface area contributed by atoms with Crippen LogP contribution in [0.25, 0.3) is 0 Å². The number of rotatable bonds is 2. The van der Waals surface area contributed by atoms with Crippen molar-refractivity contribution < 1.29 is 4.79 Å². The highest BCUT2D eigenvalue weighted by Gasteiger charge is 2.33. The normalized spacial score (nSPS) is 32.6. The van der Waals surface area contributed by atoms with Crippen LogP contribution >= 0.6 is 0 Å². The number of carbonyl (C=O) groups is 1. The maximum atomic E-state index is 11.9. The van der Waals surface area contributed by atoms with Crippen LogP contribution in [-0.2, 0) is 0 Å². The van der Waals surface area contributed by atoms with E-state index in [1.165, 1.54) is 0 Å². The highest BCUT2D eigenvalue weighted by Crippen LogP contribution is 2.15. The van der Waals surface area contributed by atoms with Gasteiger partial charge in [-0.1, -0.05) is 0 Å². The number of piperazine rings is 1. The smallest absolute Gasteiger partial charge is 0.320 e. The van der Waals surface area contributed by atoms with Gasteiger partial charge in [0.2, 0.25) is 0 Å². The number of hydrogen-bond acceptors (Lipinski definition) is 3. The summed E-state index contributed by atoms with van der Waals surface area (Å²) in [6, 6.07) is 0.970. The molecular weight excluding hydrogens is 204 g/mol. The maximum absolute atomic E-state index is 11.9. The molecule has 2 aliphatic rings. The van der Waals surface area contributed by atoms with E-state index in [9.17, 15) is 4.79 Å². The summed E-state index contributed by atoms with van der Waals surface area (Å²) in [6.45, 7) is 6.91. The number of nitrogens with one attached hydrogen (secondary N) is 1. The van der Waals surface area contributed by atoms with Gasteiger partial charge in [0.05, 0.1) is 0 Å². The highest BCUT2D eigenvalue weighted by atomic mass is 16.2. The second-order valence-corrected chi connectivity index (χ2v) is 4.99. The number of likely N-dealkylation sites (N-methyl/N-ethyl adjacent to an activating group) is 2. The van der Waals surface area contributed by atoms with Gasteiger partial charge in [0.15, 0.2) is 0 Å². The van der Waals surface area contributed by atoms with Gasteiger partial charge in [-0.05, 0) is 14.0 Å². The summed E-state index contributed by atoms with van der Waals surface area (Å²) in [5.41, 5.74) is 0. The van der Waals surface area contributed by atoms with Crippen LogP contribution in [0.15, 0.2) is 0 Å². The lowest BCUT2D eigenvalue weighted by Crippen LogP contribution is -2.54. The fourth-order valence-electron chi connectivity index (χ4n) is 2.40. The summed E-state index contributed by atoms with van der Waals surface area (Å²) in [6.07, 6.45) is 0. The van der Waals surface area contributed by atoms with E-state index < -0.39 is 0 Å². The average molecular weight is 226 g/mol. The number of urea groups is 1. The van der Waals surface area contributed by atoms with Crippen LogP contribution in [0.5, 0.6) is 0 Å². The molecule has 0 saturated carbocycles. The number of nitrogens with zero attached hydrogens (tertiary/aromatic N) is 3. The maximum Gasteiger partial charge on any atom is 0.320 e. The molecular formula is C11H22N4O. The molecule has 2 rings (SSSR count). The van der Waals surface area contributed by atoms with Crippen molar-refractivity contribution in [2.45, 2.75) is 19.0 Å². The third-order valence-corrected chi connectivity index (χ3v) is 3.79. The SMILES string of the molecule is CC1CN(CC2CNCCN2C)C(=O)N1C. The van der Waals surface area contributed by atoms with Gasteiger partial charge < -0.3 is 15.1 Å². The van der Waals surface area contributed by atoms with Crippen molar-refractivity contribution in [2.24, 2.45) is 0 Å². The number of carbonyl (C=O) groups excluding carboxylic acids is 1. The van der Waals surface area contributed by atoms with E-state index >= 15 is 0 Å². The summed E-state index contributed by atoms with van der Waals surface area (Å²) < 4.78 is 0. The molecule has 0 aliphatic carbocycles. The molecule has 2 heterocycles. The number of amides is 2. The van der Waals surface area contributed by atoms with Crippen LogP contribution in [0.3, 0.4) is 0 Å². The molecule has 92 valence electrons. The average Bonchev–Trinajstić information content (AvgIpc) is 2.50. The van der Waals surface area contributed by atoms with E-state index in [0.29, 0.717) is 12.1 Å². The van der Waals surface area contributed by atoms with Crippen molar-refractivity contribution >= 4 is 6.03 Å². The standard InChI is InChI=1S/C11H22N4O/c1-9-7-15(11(16)14(9)3)8-10-6-12-4-5-13(10)2/h9-10,12H,4-8H2,1-3H3. The Kier molecular flexibility index (Phi) is 3.35. The molecule has 2 unspecified atom stereocenters. The first-order chi connectivity index (χ1) is 7.59. The molecule has 1 N–H and O–H groups in total. The van der Waals surface area contributed by atoms with Crippen LogP contribution in [0.2, 0.25) is 0 Å². The lowest BCUT2D eigenvalue weighted by atomic mass is 10.2. The summed E-state index contributed by atoms with van der Waals surface area (Å²) in [5, 5.41) is 3.38. The zero-order valence-corrected chi connectivity index (χ0v) is 10.4. The Hall–Kier alpha value is -0.810.